The molecule has 1 atom stereocenters. The van der Waals surface area contributed by atoms with Crippen LogP contribution in [0.3, 0.4) is 0 Å². The number of hydrogen-bond donors (Lipinski definition) is 0. The Hall–Kier alpha value is -0.300. The molecule has 0 aliphatic rings. The highest BCUT2D eigenvalue weighted by Crippen LogP contribution is 2.08. The van der Waals surface area contributed by atoms with Gasteiger partial charge < -0.3 is 0 Å². The van der Waals surface area contributed by atoms with E-state index in [0.717, 1.165) is 6.54 Å². The van der Waals surface area contributed by atoms with Gasteiger partial charge in [-0.15, -0.1) is 6.58 Å². The van der Waals surface area contributed by atoms with Crippen LogP contribution < -0.4 is 5.32 Å². The Labute approximate surface area is 103 Å². The molecular formula is C15H30N. The maximum atomic E-state index is 4.68. The monoisotopic (exact) mass is 224 g/mol. The van der Waals surface area contributed by atoms with E-state index in [4.69, 9.17) is 0 Å². The molecule has 95 valence electrons. The second-order valence-electron chi connectivity index (χ2n) is 4.74. The van der Waals surface area contributed by atoms with Gasteiger partial charge in [-0.05, 0) is 32.6 Å². The lowest BCUT2D eigenvalue weighted by molar-refractivity contribution is 0.464. The number of allylic oxidation sites excluding steroid dienone is 1. The van der Waals surface area contributed by atoms with Gasteiger partial charge in [-0.25, -0.2) is 5.32 Å². The molecule has 0 amide bonds. The van der Waals surface area contributed by atoms with Crippen molar-refractivity contribution in [2.24, 2.45) is 0 Å². The van der Waals surface area contributed by atoms with Crippen molar-refractivity contribution in [3.8, 4) is 0 Å². The molecule has 1 radical (unpaired) electrons. The molecule has 0 rings (SSSR count). The van der Waals surface area contributed by atoms with Crippen molar-refractivity contribution < 1.29 is 0 Å². The Kier molecular flexibility index (Phi) is 12.5. The predicted molar refractivity (Wildman–Crippen MR) is 73.9 cm³/mol. The first-order chi connectivity index (χ1) is 7.81. The summed E-state index contributed by atoms with van der Waals surface area (Å²) in [4.78, 5) is 0. The van der Waals surface area contributed by atoms with E-state index in [9.17, 15) is 0 Å². The fraction of sp³-hybridized carbons (Fsp3) is 0.867. The Morgan fingerprint density at radius 3 is 2.50 bits per heavy atom. The van der Waals surface area contributed by atoms with Crippen LogP contribution in [0.15, 0.2) is 12.7 Å². The Balaban J connectivity index is 3.10. The molecule has 16 heavy (non-hydrogen) atoms. The second kappa shape index (κ2) is 12.8. The van der Waals surface area contributed by atoms with E-state index in [-0.39, 0.29) is 0 Å². The van der Waals surface area contributed by atoms with Crippen molar-refractivity contribution in [1.29, 1.82) is 0 Å². The first-order valence-electron chi connectivity index (χ1n) is 7.08. The van der Waals surface area contributed by atoms with Gasteiger partial charge in [0.25, 0.3) is 0 Å². The third-order valence-electron chi connectivity index (χ3n) is 2.98. The molecule has 0 bridgehead atoms. The van der Waals surface area contributed by atoms with E-state index in [1.165, 1.54) is 57.8 Å². The third-order valence-corrected chi connectivity index (χ3v) is 2.98. The van der Waals surface area contributed by atoms with Crippen LogP contribution in [0, 0.1) is 0 Å². The van der Waals surface area contributed by atoms with E-state index in [2.05, 4.69) is 25.7 Å². The highest BCUT2D eigenvalue weighted by molar-refractivity contribution is 4.66. The fourth-order valence-corrected chi connectivity index (χ4v) is 1.85. The summed E-state index contributed by atoms with van der Waals surface area (Å²) in [5.74, 6) is 0. The largest absolute Gasteiger partial charge is 0.239 e. The lowest BCUT2D eigenvalue weighted by atomic mass is 10.1. The predicted octanol–water partition coefficient (Wildman–Crippen LogP) is 4.70. The van der Waals surface area contributed by atoms with Gasteiger partial charge in [-0.2, -0.15) is 0 Å². The molecule has 0 heterocycles. The van der Waals surface area contributed by atoms with Gasteiger partial charge in [0, 0.05) is 12.6 Å². The van der Waals surface area contributed by atoms with Crippen LogP contribution in [0.4, 0.5) is 0 Å². The SMILES string of the molecule is C=CCCCCCCC(C)[N]CCCCC. The van der Waals surface area contributed by atoms with Gasteiger partial charge in [0.1, 0.15) is 0 Å². The Morgan fingerprint density at radius 2 is 1.81 bits per heavy atom. The van der Waals surface area contributed by atoms with Crippen LogP contribution in [0.25, 0.3) is 0 Å². The van der Waals surface area contributed by atoms with Gasteiger partial charge >= 0.3 is 0 Å². The summed E-state index contributed by atoms with van der Waals surface area (Å²) in [5, 5.41) is 4.68. The first-order valence-corrected chi connectivity index (χ1v) is 7.08. The van der Waals surface area contributed by atoms with Crippen molar-refractivity contribution in [3.63, 3.8) is 0 Å². The summed E-state index contributed by atoms with van der Waals surface area (Å²) < 4.78 is 0. The Bertz CT molecular complexity index is 142. The summed E-state index contributed by atoms with van der Waals surface area (Å²) in [7, 11) is 0. The summed E-state index contributed by atoms with van der Waals surface area (Å²) in [6, 6.07) is 0.580. The highest BCUT2D eigenvalue weighted by atomic mass is 14.9. The van der Waals surface area contributed by atoms with Crippen molar-refractivity contribution >= 4 is 0 Å². The molecule has 0 N–H and O–H groups in total. The molecule has 1 unspecified atom stereocenters. The van der Waals surface area contributed by atoms with Gasteiger partial charge in [-0.1, -0.05) is 45.1 Å². The smallest absolute Gasteiger partial charge is 0.0217 e. The van der Waals surface area contributed by atoms with E-state index in [1.54, 1.807) is 0 Å². The number of hydrogen-bond acceptors (Lipinski definition) is 0. The maximum absolute atomic E-state index is 4.68. The number of nitrogens with zero attached hydrogens (tertiary/aromatic N) is 1. The molecule has 0 saturated heterocycles. The standard InChI is InChI=1S/C15H30N/c1-4-6-8-9-10-11-13-15(3)16-14-12-7-5-2/h4,15H,1,5-14H2,2-3H3. The molecule has 0 aromatic heterocycles. The lowest BCUT2D eigenvalue weighted by Crippen LogP contribution is -2.19. The summed E-state index contributed by atoms with van der Waals surface area (Å²) in [5.41, 5.74) is 0. The normalized spacial score (nSPS) is 12.6. The minimum absolute atomic E-state index is 0.580. The van der Waals surface area contributed by atoms with E-state index in [1.807, 2.05) is 6.08 Å². The molecule has 1 nitrogen and oxygen atoms in total. The number of unbranched alkanes of at least 4 members (excludes halogenated alkanes) is 6. The van der Waals surface area contributed by atoms with Gasteiger partial charge in [-0.3, -0.25) is 0 Å². The van der Waals surface area contributed by atoms with Gasteiger partial charge in [0.05, 0.1) is 0 Å². The zero-order valence-corrected chi connectivity index (χ0v) is 11.4. The zero-order chi connectivity index (χ0) is 12.1. The molecule has 0 aliphatic heterocycles. The summed E-state index contributed by atoms with van der Waals surface area (Å²) >= 11 is 0. The zero-order valence-electron chi connectivity index (χ0n) is 11.4. The summed E-state index contributed by atoms with van der Waals surface area (Å²) in [6.07, 6.45) is 13.8. The van der Waals surface area contributed by atoms with Crippen LogP contribution in [0.1, 0.15) is 71.6 Å². The highest BCUT2D eigenvalue weighted by Gasteiger charge is 2.01. The van der Waals surface area contributed by atoms with Crippen LogP contribution in [-0.4, -0.2) is 12.6 Å². The Morgan fingerprint density at radius 1 is 1.06 bits per heavy atom. The third kappa shape index (κ3) is 11.8. The lowest BCUT2D eigenvalue weighted by Gasteiger charge is -2.11. The molecule has 0 spiro atoms. The van der Waals surface area contributed by atoms with Crippen molar-refractivity contribution in [2.75, 3.05) is 6.54 Å². The van der Waals surface area contributed by atoms with Crippen molar-refractivity contribution in [1.82, 2.24) is 5.32 Å². The van der Waals surface area contributed by atoms with Crippen LogP contribution in [0.2, 0.25) is 0 Å². The van der Waals surface area contributed by atoms with E-state index in [0.29, 0.717) is 6.04 Å². The van der Waals surface area contributed by atoms with Crippen molar-refractivity contribution in [3.05, 3.63) is 12.7 Å². The van der Waals surface area contributed by atoms with Crippen LogP contribution in [-0.2, 0) is 0 Å². The fourth-order valence-electron chi connectivity index (χ4n) is 1.85. The minimum Gasteiger partial charge on any atom is -0.239 e. The van der Waals surface area contributed by atoms with E-state index < -0.39 is 0 Å². The quantitative estimate of drug-likeness (QED) is 0.337. The van der Waals surface area contributed by atoms with Gasteiger partial charge in [0.2, 0.25) is 0 Å². The van der Waals surface area contributed by atoms with Crippen LogP contribution in [0.5, 0.6) is 0 Å². The molecular weight excluding hydrogens is 194 g/mol. The van der Waals surface area contributed by atoms with Crippen LogP contribution >= 0.6 is 0 Å². The molecule has 0 fully saturated rings. The molecule has 0 aromatic carbocycles. The number of rotatable bonds is 12. The summed E-state index contributed by atoms with van der Waals surface area (Å²) in [6.45, 7) is 9.32. The average Bonchev–Trinajstić information content (AvgIpc) is 2.29. The van der Waals surface area contributed by atoms with E-state index >= 15 is 0 Å². The minimum atomic E-state index is 0.580. The maximum Gasteiger partial charge on any atom is 0.0217 e. The average molecular weight is 224 g/mol. The van der Waals surface area contributed by atoms with Crippen molar-refractivity contribution in [2.45, 2.75) is 77.7 Å². The van der Waals surface area contributed by atoms with Gasteiger partial charge in [0.15, 0.2) is 0 Å². The second-order valence-corrected chi connectivity index (χ2v) is 4.74. The first kappa shape index (κ1) is 15.7. The molecule has 1 heteroatoms. The topological polar surface area (TPSA) is 14.1 Å². The molecule has 0 saturated carbocycles. The molecule has 0 aromatic rings. The molecule has 0 aliphatic carbocycles.